The number of carbonyl (C=O) groups excluding carboxylic acids is 1. The van der Waals surface area contributed by atoms with Crippen molar-refractivity contribution in [2.45, 2.75) is 38.2 Å². The molecule has 9 heteroatoms. The third-order valence-electron chi connectivity index (χ3n) is 6.23. The number of aromatic nitrogens is 3. The molecule has 0 bridgehead atoms. The van der Waals surface area contributed by atoms with Crippen LogP contribution in [0.2, 0.25) is 0 Å². The van der Waals surface area contributed by atoms with Crippen LogP contribution < -0.4 is 21.5 Å². The van der Waals surface area contributed by atoms with Gasteiger partial charge in [0.25, 0.3) is 11.5 Å². The van der Waals surface area contributed by atoms with Crippen LogP contribution in [0.1, 0.15) is 40.7 Å². The van der Waals surface area contributed by atoms with Gasteiger partial charge >= 0.3 is 5.69 Å². The molecule has 1 spiro atoms. The van der Waals surface area contributed by atoms with Crippen LogP contribution in [-0.2, 0) is 6.42 Å². The van der Waals surface area contributed by atoms with Crippen molar-refractivity contribution in [3.63, 3.8) is 0 Å². The monoisotopic (exact) mass is 422 g/mol. The quantitative estimate of drug-likeness (QED) is 0.543. The van der Waals surface area contributed by atoms with Gasteiger partial charge in [0.2, 0.25) is 11.4 Å². The molecule has 2 aliphatic heterocycles. The minimum atomic E-state index is -0.624. The minimum Gasteiger partial charge on any atom is -0.471 e. The molecule has 3 N–H and O–H groups in total. The molecule has 4 heterocycles. The maximum Gasteiger partial charge on any atom is 0.328 e. The lowest BCUT2D eigenvalue weighted by atomic mass is 9.90. The van der Waals surface area contributed by atoms with Crippen molar-refractivity contribution in [2.75, 3.05) is 13.1 Å². The van der Waals surface area contributed by atoms with E-state index in [1.54, 1.807) is 4.90 Å². The second-order valence-electron chi connectivity index (χ2n) is 8.42. The van der Waals surface area contributed by atoms with Gasteiger partial charge in [0, 0.05) is 42.9 Å². The van der Waals surface area contributed by atoms with E-state index in [9.17, 15) is 19.2 Å². The summed E-state index contributed by atoms with van der Waals surface area (Å²) in [6.07, 6.45) is 2.25. The predicted molar refractivity (Wildman–Crippen MR) is 114 cm³/mol. The Morgan fingerprint density at radius 2 is 1.90 bits per heavy atom. The lowest BCUT2D eigenvalue weighted by Crippen LogP contribution is -2.38. The molecule has 3 aromatic rings. The minimum absolute atomic E-state index is 0.194. The summed E-state index contributed by atoms with van der Waals surface area (Å²) in [6.45, 7) is 2.89. The molecule has 0 saturated carbocycles. The lowest BCUT2D eigenvalue weighted by molar-refractivity contribution is 0.0658. The van der Waals surface area contributed by atoms with Crippen LogP contribution in [-0.4, -0.2) is 44.4 Å². The Morgan fingerprint density at radius 1 is 1.06 bits per heavy atom. The molecule has 0 radical (unpaired) electrons. The van der Waals surface area contributed by atoms with E-state index in [0.29, 0.717) is 55.4 Å². The zero-order valence-electron chi connectivity index (χ0n) is 17.0. The highest BCUT2D eigenvalue weighted by atomic mass is 16.5. The number of ether oxygens (including phenoxy) is 1. The number of aryl methyl sites for hydroxylation is 1. The molecule has 0 unspecified atom stereocenters. The number of fused-ring (bicyclic) bond motifs is 2. The van der Waals surface area contributed by atoms with Crippen LogP contribution in [0.5, 0.6) is 5.88 Å². The zero-order valence-corrected chi connectivity index (χ0v) is 17.0. The number of likely N-dealkylation sites (tertiary alicyclic amines) is 1. The first-order chi connectivity index (χ1) is 14.8. The van der Waals surface area contributed by atoms with Crippen molar-refractivity contribution in [3.05, 3.63) is 72.1 Å². The molecule has 31 heavy (non-hydrogen) atoms. The Hall–Kier alpha value is -3.62. The Morgan fingerprint density at radius 3 is 2.74 bits per heavy atom. The average molecular weight is 422 g/mol. The van der Waals surface area contributed by atoms with Crippen LogP contribution >= 0.6 is 0 Å². The van der Waals surface area contributed by atoms with E-state index in [4.69, 9.17) is 4.74 Å². The molecule has 1 aromatic carbocycles. The van der Waals surface area contributed by atoms with Gasteiger partial charge in [-0.3, -0.25) is 24.4 Å². The summed E-state index contributed by atoms with van der Waals surface area (Å²) in [7, 11) is 0. The summed E-state index contributed by atoms with van der Waals surface area (Å²) in [5.41, 5.74) is 0.488. The fourth-order valence-corrected chi connectivity index (χ4v) is 4.68. The van der Waals surface area contributed by atoms with Crippen LogP contribution in [0.3, 0.4) is 0 Å². The largest absolute Gasteiger partial charge is 0.471 e. The van der Waals surface area contributed by atoms with Gasteiger partial charge in [0.15, 0.2) is 0 Å². The van der Waals surface area contributed by atoms with E-state index in [1.807, 2.05) is 25.1 Å². The number of benzene rings is 1. The highest BCUT2D eigenvalue weighted by Gasteiger charge is 2.43. The third-order valence-corrected chi connectivity index (χ3v) is 6.23. The first-order valence-electron chi connectivity index (χ1n) is 10.3. The molecular formula is C22H22N4O5. The smallest absolute Gasteiger partial charge is 0.328 e. The molecule has 9 nitrogen and oxygen atoms in total. The molecule has 160 valence electrons. The summed E-state index contributed by atoms with van der Waals surface area (Å²) >= 11 is 0. The highest BCUT2D eigenvalue weighted by molar-refractivity contribution is 6.06. The number of rotatable bonds is 1. The second kappa shape index (κ2) is 6.97. The van der Waals surface area contributed by atoms with E-state index in [0.717, 1.165) is 10.9 Å². The van der Waals surface area contributed by atoms with Crippen molar-refractivity contribution in [1.29, 1.82) is 0 Å². The number of pyridine rings is 1. The highest BCUT2D eigenvalue weighted by Crippen LogP contribution is 2.38. The van der Waals surface area contributed by atoms with Gasteiger partial charge in [0.05, 0.1) is 11.1 Å². The number of hydrogen-bond donors (Lipinski definition) is 3. The maximum absolute atomic E-state index is 13.4. The number of nitrogens with one attached hydrogen (secondary N) is 3. The van der Waals surface area contributed by atoms with Crippen molar-refractivity contribution in [1.82, 2.24) is 19.9 Å². The molecular weight excluding hydrogens is 400 g/mol. The first kappa shape index (κ1) is 19.3. The Balaban J connectivity index is 1.43. The lowest BCUT2D eigenvalue weighted by Gasteiger charge is -2.27. The molecule has 2 aromatic heterocycles. The van der Waals surface area contributed by atoms with E-state index < -0.39 is 16.9 Å². The molecule has 1 atom stereocenters. The van der Waals surface area contributed by atoms with Gasteiger partial charge < -0.3 is 14.6 Å². The summed E-state index contributed by atoms with van der Waals surface area (Å²) in [4.78, 5) is 58.5. The Kier molecular flexibility index (Phi) is 4.35. The number of hydrogen-bond acceptors (Lipinski definition) is 5. The number of nitrogens with zero attached hydrogens (tertiary/aromatic N) is 1. The van der Waals surface area contributed by atoms with E-state index in [2.05, 4.69) is 15.0 Å². The first-order valence-corrected chi connectivity index (χ1v) is 10.3. The predicted octanol–water partition coefficient (Wildman–Crippen LogP) is 1.21. The van der Waals surface area contributed by atoms with Gasteiger partial charge in [-0.1, -0.05) is 11.6 Å². The van der Waals surface area contributed by atoms with Gasteiger partial charge in [0.1, 0.15) is 5.60 Å². The van der Waals surface area contributed by atoms with E-state index >= 15 is 0 Å². The number of aromatic amines is 3. The SMILES string of the molecule is Cc1ccc2[nH]c(=O)cc(C(=O)N3CCC[C@]4(CC3)Cc3c([nH]c(=O)[nH]c3=O)O4)c2c1. The Labute approximate surface area is 176 Å². The molecule has 0 aliphatic carbocycles. The zero-order chi connectivity index (χ0) is 21.8. The summed E-state index contributed by atoms with van der Waals surface area (Å²) in [5.74, 6) is 0.0325. The molecule has 1 fully saturated rings. The normalized spacial score (nSPS) is 20.5. The Bertz CT molecular complexity index is 1390. The van der Waals surface area contributed by atoms with Crippen molar-refractivity contribution in [2.24, 2.45) is 0 Å². The van der Waals surface area contributed by atoms with Gasteiger partial charge in [-0.05, 0) is 31.9 Å². The van der Waals surface area contributed by atoms with Crippen LogP contribution in [0.4, 0.5) is 0 Å². The summed E-state index contributed by atoms with van der Waals surface area (Å²) < 4.78 is 6.05. The standard InChI is InChI=1S/C22H22N4O5/c1-12-3-4-16-13(9-12)14(10-17(27)23-16)20(29)26-7-2-5-22(6-8-26)11-15-18(28)24-21(30)25-19(15)31-22/h3-4,9-10H,2,5-8,11H2,1H3,(H,23,27)(H2,24,25,28,30)/t22-/m0/s1. The topological polar surface area (TPSA) is 128 Å². The average Bonchev–Trinajstić information content (AvgIpc) is 2.95. The van der Waals surface area contributed by atoms with Gasteiger partial charge in [-0.15, -0.1) is 0 Å². The third kappa shape index (κ3) is 3.35. The fraction of sp³-hybridized carbons (Fsp3) is 0.364. The van der Waals surface area contributed by atoms with E-state index in [1.165, 1.54) is 6.07 Å². The van der Waals surface area contributed by atoms with Crippen LogP contribution in [0, 0.1) is 6.92 Å². The maximum atomic E-state index is 13.4. The van der Waals surface area contributed by atoms with E-state index in [-0.39, 0.29) is 17.3 Å². The molecule has 1 amide bonds. The van der Waals surface area contributed by atoms with Gasteiger partial charge in [-0.25, -0.2) is 4.79 Å². The number of carbonyl (C=O) groups is 1. The fourth-order valence-electron chi connectivity index (χ4n) is 4.68. The van der Waals surface area contributed by atoms with Gasteiger partial charge in [-0.2, -0.15) is 0 Å². The molecule has 1 saturated heterocycles. The van der Waals surface area contributed by atoms with Crippen LogP contribution in [0.15, 0.2) is 38.6 Å². The van der Waals surface area contributed by atoms with Crippen molar-refractivity contribution in [3.8, 4) is 5.88 Å². The summed E-state index contributed by atoms with van der Waals surface area (Å²) in [6, 6.07) is 6.96. The van der Waals surface area contributed by atoms with Crippen molar-refractivity contribution < 1.29 is 9.53 Å². The molecule has 2 aliphatic rings. The second-order valence-corrected chi connectivity index (χ2v) is 8.42. The number of amides is 1. The number of H-pyrrole nitrogens is 3. The molecule has 5 rings (SSSR count). The summed E-state index contributed by atoms with van der Waals surface area (Å²) in [5, 5.41) is 0.720. The van der Waals surface area contributed by atoms with Crippen molar-refractivity contribution >= 4 is 16.8 Å². The van der Waals surface area contributed by atoms with Crippen LogP contribution in [0.25, 0.3) is 10.9 Å².